The minimum Gasteiger partial charge on any atom is -0.492 e. The van der Waals surface area contributed by atoms with E-state index < -0.39 is 137 Å². The van der Waals surface area contributed by atoms with Crippen molar-refractivity contribution in [3.63, 3.8) is 0 Å². The smallest absolute Gasteiger partial charge is 0.411 e. The number of ether oxygens (including phenoxy) is 3. The molecule has 5 heterocycles. The van der Waals surface area contributed by atoms with Gasteiger partial charge in [0.2, 0.25) is 0 Å². The first-order chi connectivity index (χ1) is 42.7. The van der Waals surface area contributed by atoms with Crippen LogP contribution in [0, 0.1) is 48.8 Å². The lowest BCUT2D eigenvalue weighted by Crippen LogP contribution is -2.53. The van der Waals surface area contributed by atoms with E-state index in [9.17, 15) is 60.9 Å². The van der Waals surface area contributed by atoms with Crippen LogP contribution in [0.4, 0.5) is 45.2 Å². The van der Waals surface area contributed by atoms with Crippen molar-refractivity contribution in [2.75, 3.05) is 37.9 Å². The number of morpholine rings is 1. The second-order valence-corrected chi connectivity index (χ2v) is 22.5. The van der Waals surface area contributed by atoms with Crippen molar-refractivity contribution in [1.82, 2.24) is 19.8 Å². The van der Waals surface area contributed by atoms with E-state index in [0.717, 1.165) is 12.1 Å². The number of aliphatic carboxylic acids is 2. The molecule has 8 aromatic rings. The number of carbonyl (C=O) groups is 4. The number of hydrogen-bond acceptors (Lipinski definition) is 10. The molecule has 11 rings (SSSR count). The number of rotatable bonds is 14. The molecule has 25 heteroatoms. The molecule has 3 aliphatic rings. The fraction of sp³-hybridized carbons (Fsp3) is 0.292. The number of benzene rings is 6. The molecule has 0 bridgehead atoms. The zero-order valence-corrected chi connectivity index (χ0v) is 48.3. The van der Waals surface area contributed by atoms with Crippen molar-refractivity contribution in [3.05, 3.63) is 196 Å². The van der Waals surface area contributed by atoms with Gasteiger partial charge in [-0.25, -0.2) is 35.9 Å². The van der Waals surface area contributed by atoms with E-state index in [-0.39, 0.29) is 72.0 Å². The number of pyridine rings is 2. The first-order valence-corrected chi connectivity index (χ1v) is 28.3. The van der Waals surface area contributed by atoms with Crippen molar-refractivity contribution in [2.45, 2.75) is 76.4 Å². The first-order valence-electron chi connectivity index (χ1n) is 28.3. The summed E-state index contributed by atoms with van der Waals surface area (Å²) >= 11 is 0. The van der Waals surface area contributed by atoms with Gasteiger partial charge < -0.3 is 49.1 Å². The van der Waals surface area contributed by atoms with Crippen LogP contribution >= 0.6 is 0 Å². The lowest BCUT2D eigenvalue weighted by Gasteiger charge is -2.38. The van der Waals surface area contributed by atoms with E-state index in [4.69, 9.17) is 14.2 Å². The number of carboxylic acid groups (broad SMARTS) is 2. The molecule has 1 saturated heterocycles. The second kappa shape index (κ2) is 24.1. The van der Waals surface area contributed by atoms with E-state index in [0.29, 0.717) is 84.2 Å². The number of fused-ring (bicyclic) bond motifs is 4. The maximum absolute atomic E-state index is 16.5. The van der Waals surface area contributed by atoms with Crippen LogP contribution in [-0.2, 0) is 65.4 Å². The van der Waals surface area contributed by atoms with Gasteiger partial charge in [0.25, 0.3) is 22.9 Å². The molecule has 2 aromatic heterocycles. The van der Waals surface area contributed by atoms with E-state index >= 15 is 17.6 Å². The summed E-state index contributed by atoms with van der Waals surface area (Å²) in [7, 11) is 3.01. The summed E-state index contributed by atoms with van der Waals surface area (Å²) in [5.41, 5.74) is 0.284. The predicted molar refractivity (Wildman–Crippen MR) is 310 cm³/mol. The van der Waals surface area contributed by atoms with Crippen LogP contribution in [0.3, 0.4) is 0 Å². The first kappa shape index (κ1) is 62.1. The third-order valence-corrected chi connectivity index (χ3v) is 17.2. The highest BCUT2D eigenvalue weighted by atomic mass is 19.4. The molecule has 4 atom stereocenters. The number of nitrogens with zero attached hydrogens (tertiary/aromatic N) is 3. The number of alkyl halides is 3. The summed E-state index contributed by atoms with van der Waals surface area (Å²) in [6.45, 7) is 1.64. The highest BCUT2D eigenvalue weighted by Crippen LogP contribution is 2.44. The van der Waals surface area contributed by atoms with Gasteiger partial charge in [0.1, 0.15) is 69.9 Å². The fourth-order valence-corrected chi connectivity index (χ4v) is 12.6. The zero-order valence-electron chi connectivity index (χ0n) is 48.3. The van der Waals surface area contributed by atoms with Crippen molar-refractivity contribution in [1.29, 1.82) is 0 Å². The Labute approximate surface area is 505 Å². The third kappa shape index (κ3) is 11.4. The number of aromatic nitrogens is 2. The highest BCUT2D eigenvalue weighted by molar-refractivity contribution is 5.99. The van der Waals surface area contributed by atoms with Gasteiger partial charge in [-0.3, -0.25) is 19.2 Å². The summed E-state index contributed by atoms with van der Waals surface area (Å²) in [5, 5.41) is 26.1. The van der Waals surface area contributed by atoms with Crippen molar-refractivity contribution < 1.29 is 83.1 Å². The number of carbonyl (C=O) groups excluding carboxylic acids is 2. The molecule has 3 aliphatic heterocycles. The molecule has 90 heavy (non-hydrogen) atoms. The summed E-state index contributed by atoms with van der Waals surface area (Å²) in [6, 6.07) is 10.4. The van der Waals surface area contributed by atoms with E-state index in [2.05, 4.69) is 10.6 Å². The quantitative estimate of drug-likeness (QED) is 0.0751. The average molecular weight is 1250 g/mol. The van der Waals surface area contributed by atoms with Crippen LogP contribution in [0.15, 0.2) is 94.5 Å². The van der Waals surface area contributed by atoms with Crippen LogP contribution in [0.1, 0.15) is 71.1 Å². The normalized spacial score (nSPS) is 16.5. The van der Waals surface area contributed by atoms with Gasteiger partial charge in [-0.1, -0.05) is 24.3 Å². The van der Waals surface area contributed by atoms with Gasteiger partial charge in [0, 0.05) is 61.4 Å². The number of anilines is 1. The van der Waals surface area contributed by atoms with Gasteiger partial charge in [-0.05, 0) is 137 Å². The third-order valence-electron chi connectivity index (χ3n) is 17.2. The molecule has 16 nitrogen and oxygen atoms in total. The Hall–Kier alpha value is -9.49. The minimum atomic E-state index is -4.87. The molecule has 0 radical (unpaired) electrons. The molecular weight excluding hydrogens is 1200 g/mol. The Morgan fingerprint density at radius 3 is 1.64 bits per heavy atom. The standard InChI is InChI=1S/C65H54F9N5O11/c1-29-41-22-35(66)7-11-51(41)77(3)61(82)54(29)39-9-5-32(44-27-88-15-13-38(39)44)21-50(64(86)87)76-59(80)56-45(68)18-33(19-46(56)69)34-17-43-31(6-10-40(58(43)90-26-34)55-30(2)42-23-36(67)8-12-52(42)78(4)62(55)83)20-49(63(84)85)75-60(81)57-47(70)24-37(25-48(57)71)79-14-16-89-28-53(79)65(72,73)74/h5-12,18-19,22-25,34,49-50,53H,13-17,20-21,26-28H2,1-4H3,(H,75,81)(H,76,80)(H,84,85)(H,86,87)/t34?,49-,50-,53+/m0/s1. The average Bonchev–Trinajstić information content (AvgIpc) is 0.842. The maximum atomic E-state index is 16.5. The molecule has 1 fully saturated rings. The number of aryl methyl sites for hydroxylation is 4. The van der Waals surface area contributed by atoms with Gasteiger partial charge in [-0.2, -0.15) is 13.2 Å². The summed E-state index contributed by atoms with van der Waals surface area (Å²) in [4.78, 5) is 82.3. The lowest BCUT2D eigenvalue weighted by molar-refractivity contribution is -0.167. The Morgan fingerprint density at radius 2 is 1.12 bits per heavy atom. The number of hydrogen-bond donors (Lipinski definition) is 4. The molecule has 0 spiro atoms. The number of nitrogens with one attached hydrogen (secondary N) is 2. The van der Waals surface area contributed by atoms with Crippen molar-refractivity contribution in [2.24, 2.45) is 14.1 Å². The number of carboxylic acids is 2. The summed E-state index contributed by atoms with van der Waals surface area (Å²) in [6.07, 6.45) is -5.92. The van der Waals surface area contributed by atoms with E-state index in [1.54, 1.807) is 33.0 Å². The Bertz CT molecular complexity index is 4430. The van der Waals surface area contributed by atoms with Gasteiger partial charge in [0.15, 0.2) is 0 Å². The molecule has 0 aliphatic carbocycles. The van der Waals surface area contributed by atoms with Crippen LogP contribution in [0.5, 0.6) is 5.75 Å². The monoisotopic (exact) mass is 1250 g/mol. The molecule has 6 aromatic carbocycles. The maximum Gasteiger partial charge on any atom is 0.411 e. The molecule has 468 valence electrons. The van der Waals surface area contributed by atoms with Crippen LogP contribution in [0.2, 0.25) is 0 Å². The lowest BCUT2D eigenvalue weighted by atomic mass is 9.83. The molecule has 2 amide bonds. The summed E-state index contributed by atoms with van der Waals surface area (Å²) < 4.78 is 155. The van der Waals surface area contributed by atoms with E-state index in [1.807, 2.05) is 0 Å². The zero-order chi connectivity index (χ0) is 64.5. The highest BCUT2D eigenvalue weighted by Gasteiger charge is 2.46. The van der Waals surface area contributed by atoms with Crippen LogP contribution < -0.4 is 31.4 Å². The van der Waals surface area contributed by atoms with Gasteiger partial charge >= 0.3 is 18.1 Å². The second-order valence-electron chi connectivity index (χ2n) is 22.5. The topological polar surface area (TPSA) is 208 Å². The fourth-order valence-electron chi connectivity index (χ4n) is 12.6. The Morgan fingerprint density at radius 1 is 0.622 bits per heavy atom. The van der Waals surface area contributed by atoms with Crippen molar-refractivity contribution >= 4 is 51.2 Å². The molecule has 0 saturated carbocycles. The predicted octanol–water partition coefficient (Wildman–Crippen LogP) is 9.59. The Kier molecular flexibility index (Phi) is 16.7. The van der Waals surface area contributed by atoms with E-state index in [1.165, 1.54) is 64.7 Å². The van der Waals surface area contributed by atoms with Crippen LogP contribution in [-0.4, -0.2) is 100 Å². The molecular formula is C65H54F9N5O11. The van der Waals surface area contributed by atoms with Gasteiger partial charge in [0.05, 0.1) is 55.2 Å². The van der Waals surface area contributed by atoms with Crippen LogP contribution in [0.25, 0.3) is 44.1 Å². The number of amides is 2. The van der Waals surface area contributed by atoms with Gasteiger partial charge in [-0.15, -0.1) is 0 Å². The number of halogens is 9. The Balaban J connectivity index is 0.894. The molecule has 1 unspecified atom stereocenters. The minimum absolute atomic E-state index is 0.0158. The largest absolute Gasteiger partial charge is 0.492 e. The summed E-state index contributed by atoms with van der Waals surface area (Å²) in [5.74, 6) is -14.6. The SMILES string of the molecule is Cc1c(-c2ccc(C[C@H](NC(=O)c3c(F)cc(C4COc5c(-c6c(C)c7cc(F)ccc7n(C)c6=O)ccc(C[C@H](NC(=O)c6c(F)cc(N7CCOC[C@@H]7C(F)(F)F)cc6F)C(=O)O)c5C4)cc3F)C(=O)O)c3c2CCOC3)c(=O)n(C)c2ccc(F)cc12. The van der Waals surface area contributed by atoms with Crippen molar-refractivity contribution in [3.8, 4) is 28.0 Å². The molecule has 4 N–H and O–H groups in total.